The van der Waals surface area contributed by atoms with Crippen LogP contribution in [0.5, 0.6) is 0 Å². The van der Waals surface area contributed by atoms with Crippen LogP contribution in [0.2, 0.25) is 4.34 Å². The van der Waals surface area contributed by atoms with Crippen molar-refractivity contribution < 1.29 is 19.1 Å². The number of amides is 2. The number of anilines is 2. The average molecular weight is 426 g/mol. The van der Waals surface area contributed by atoms with Gasteiger partial charge in [0.2, 0.25) is 5.91 Å². The number of aliphatic hydroxyl groups is 1. The quantitative estimate of drug-likeness (QED) is 0.636. The standard InChI is InChI=1S/C19H21ClFN3O3S/c20-17-7-6-16(28-17)19(27)23-11-13(25)10-22-15-5-4-12(9-14(15)21)24-8-2-1-3-18(24)26/h4-7,9,13,22,25H,1-3,8,10-11H2,(H,23,27). The molecule has 1 aromatic carbocycles. The third-order valence-electron chi connectivity index (χ3n) is 4.41. The predicted octanol–water partition coefficient (Wildman–Crippen LogP) is 3.26. The van der Waals surface area contributed by atoms with E-state index in [9.17, 15) is 19.1 Å². The van der Waals surface area contributed by atoms with Gasteiger partial charge in [0, 0.05) is 31.7 Å². The zero-order valence-electron chi connectivity index (χ0n) is 15.1. The van der Waals surface area contributed by atoms with E-state index in [-0.39, 0.29) is 30.6 Å². The molecule has 1 atom stereocenters. The molecule has 0 aliphatic carbocycles. The van der Waals surface area contributed by atoms with Gasteiger partial charge in [0.25, 0.3) is 5.91 Å². The number of carbonyl (C=O) groups excluding carboxylic acids is 2. The first-order valence-electron chi connectivity index (χ1n) is 8.99. The summed E-state index contributed by atoms with van der Waals surface area (Å²) in [7, 11) is 0. The fourth-order valence-corrected chi connectivity index (χ4v) is 3.89. The van der Waals surface area contributed by atoms with Crippen LogP contribution in [0.15, 0.2) is 30.3 Å². The van der Waals surface area contributed by atoms with Gasteiger partial charge in [-0.25, -0.2) is 4.39 Å². The maximum atomic E-state index is 14.4. The van der Waals surface area contributed by atoms with Gasteiger partial charge >= 0.3 is 0 Å². The van der Waals surface area contributed by atoms with Crippen molar-refractivity contribution in [2.45, 2.75) is 25.4 Å². The van der Waals surface area contributed by atoms with Crippen molar-refractivity contribution in [3.05, 3.63) is 45.4 Å². The molecule has 0 bridgehead atoms. The molecule has 2 aromatic rings. The number of aliphatic hydroxyl groups excluding tert-OH is 1. The van der Waals surface area contributed by atoms with Crippen molar-refractivity contribution in [1.82, 2.24) is 5.32 Å². The zero-order chi connectivity index (χ0) is 20.1. The van der Waals surface area contributed by atoms with E-state index in [0.717, 1.165) is 24.2 Å². The van der Waals surface area contributed by atoms with Crippen LogP contribution in [0, 0.1) is 5.82 Å². The smallest absolute Gasteiger partial charge is 0.261 e. The van der Waals surface area contributed by atoms with Gasteiger partial charge < -0.3 is 20.6 Å². The van der Waals surface area contributed by atoms with E-state index in [2.05, 4.69) is 10.6 Å². The highest BCUT2D eigenvalue weighted by Crippen LogP contribution is 2.25. The minimum Gasteiger partial charge on any atom is -0.389 e. The molecule has 2 heterocycles. The van der Waals surface area contributed by atoms with Gasteiger partial charge in [0.15, 0.2) is 0 Å². The SMILES string of the molecule is O=C(NCC(O)CNc1ccc(N2CCCCC2=O)cc1F)c1ccc(Cl)s1. The molecule has 1 fully saturated rings. The highest BCUT2D eigenvalue weighted by Gasteiger charge is 2.20. The second kappa shape index (κ2) is 9.36. The van der Waals surface area contributed by atoms with Crippen molar-refractivity contribution >= 4 is 46.1 Å². The first-order chi connectivity index (χ1) is 13.4. The fraction of sp³-hybridized carbons (Fsp3) is 0.368. The first kappa shape index (κ1) is 20.6. The van der Waals surface area contributed by atoms with Crippen molar-refractivity contribution in [2.75, 3.05) is 29.9 Å². The normalized spacial score (nSPS) is 15.4. The van der Waals surface area contributed by atoms with E-state index < -0.39 is 11.9 Å². The van der Waals surface area contributed by atoms with Gasteiger partial charge in [-0.3, -0.25) is 9.59 Å². The molecule has 9 heteroatoms. The van der Waals surface area contributed by atoms with E-state index in [0.29, 0.717) is 27.9 Å². The lowest BCUT2D eigenvalue weighted by molar-refractivity contribution is -0.119. The Kier molecular flexibility index (Phi) is 6.88. The monoisotopic (exact) mass is 425 g/mol. The molecule has 0 spiro atoms. The van der Waals surface area contributed by atoms with E-state index in [1.165, 1.54) is 6.07 Å². The molecule has 150 valence electrons. The Hall–Kier alpha value is -2.16. The summed E-state index contributed by atoms with van der Waals surface area (Å²) in [5.41, 5.74) is 0.763. The highest BCUT2D eigenvalue weighted by atomic mass is 35.5. The molecule has 0 saturated carbocycles. The van der Waals surface area contributed by atoms with E-state index >= 15 is 0 Å². The van der Waals surface area contributed by atoms with E-state index in [4.69, 9.17) is 11.6 Å². The van der Waals surface area contributed by atoms with Crippen molar-refractivity contribution in [3.8, 4) is 0 Å². The maximum absolute atomic E-state index is 14.4. The number of rotatable bonds is 7. The largest absolute Gasteiger partial charge is 0.389 e. The van der Waals surface area contributed by atoms with Crippen LogP contribution in [0.25, 0.3) is 0 Å². The second-order valence-corrected chi connectivity index (χ2v) is 8.23. The average Bonchev–Trinajstić information content (AvgIpc) is 3.12. The Balaban J connectivity index is 1.49. The lowest BCUT2D eigenvalue weighted by Crippen LogP contribution is -2.36. The number of benzene rings is 1. The Morgan fingerprint density at radius 3 is 2.79 bits per heavy atom. The van der Waals surface area contributed by atoms with Crippen LogP contribution in [-0.2, 0) is 4.79 Å². The Morgan fingerprint density at radius 1 is 1.29 bits per heavy atom. The Morgan fingerprint density at radius 2 is 2.11 bits per heavy atom. The van der Waals surface area contributed by atoms with E-state index in [1.807, 2.05) is 0 Å². The molecule has 3 rings (SSSR count). The van der Waals surface area contributed by atoms with Gasteiger partial charge in [0.1, 0.15) is 5.82 Å². The minimum atomic E-state index is -0.901. The molecule has 0 radical (unpaired) electrons. The Bertz CT molecular complexity index is 861. The summed E-state index contributed by atoms with van der Waals surface area (Å²) in [6.07, 6.45) is 1.35. The zero-order valence-corrected chi connectivity index (χ0v) is 16.7. The topological polar surface area (TPSA) is 81.7 Å². The maximum Gasteiger partial charge on any atom is 0.261 e. The number of nitrogens with one attached hydrogen (secondary N) is 2. The van der Waals surface area contributed by atoms with Crippen LogP contribution in [-0.4, -0.2) is 42.7 Å². The highest BCUT2D eigenvalue weighted by molar-refractivity contribution is 7.17. The van der Waals surface area contributed by atoms with Crippen LogP contribution in [0.3, 0.4) is 0 Å². The molecule has 6 nitrogen and oxygen atoms in total. The number of halogens is 2. The Labute approximate surface area is 171 Å². The van der Waals surface area contributed by atoms with Crippen LogP contribution in [0.1, 0.15) is 28.9 Å². The molecular formula is C19H21ClFN3O3S. The van der Waals surface area contributed by atoms with Crippen LogP contribution < -0.4 is 15.5 Å². The predicted molar refractivity (Wildman–Crippen MR) is 109 cm³/mol. The lowest BCUT2D eigenvalue weighted by Gasteiger charge is -2.27. The van der Waals surface area contributed by atoms with Gasteiger partial charge in [-0.1, -0.05) is 11.6 Å². The molecule has 1 aromatic heterocycles. The lowest BCUT2D eigenvalue weighted by atomic mass is 10.1. The number of hydrogen-bond acceptors (Lipinski definition) is 5. The minimum absolute atomic E-state index is 0.00421. The molecule has 1 aliphatic rings. The summed E-state index contributed by atoms with van der Waals surface area (Å²) in [5.74, 6) is -0.817. The number of piperidine rings is 1. The number of nitrogens with zero attached hydrogens (tertiary/aromatic N) is 1. The molecular weight excluding hydrogens is 405 g/mol. The molecule has 3 N–H and O–H groups in total. The summed E-state index contributed by atoms with van der Waals surface area (Å²) in [4.78, 5) is 25.9. The number of carbonyl (C=O) groups is 2. The summed E-state index contributed by atoms with van der Waals surface area (Å²) >= 11 is 6.94. The van der Waals surface area contributed by atoms with Gasteiger partial charge in [-0.15, -0.1) is 11.3 Å². The van der Waals surface area contributed by atoms with Gasteiger partial charge in [-0.2, -0.15) is 0 Å². The summed E-state index contributed by atoms with van der Waals surface area (Å²) in [5, 5.41) is 15.4. The first-order valence-corrected chi connectivity index (χ1v) is 10.2. The van der Waals surface area contributed by atoms with Gasteiger partial charge in [0.05, 0.1) is 21.0 Å². The molecule has 1 aliphatic heterocycles. The van der Waals surface area contributed by atoms with Crippen LogP contribution >= 0.6 is 22.9 Å². The van der Waals surface area contributed by atoms with Crippen molar-refractivity contribution in [2.24, 2.45) is 0 Å². The second-order valence-electron chi connectivity index (χ2n) is 6.52. The fourth-order valence-electron chi connectivity index (χ4n) is 2.93. The van der Waals surface area contributed by atoms with Crippen molar-refractivity contribution in [1.29, 1.82) is 0 Å². The molecule has 28 heavy (non-hydrogen) atoms. The van der Waals surface area contributed by atoms with Gasteiger partial charge in [-0.05, 0) is 43.2 Å². The van der Waals surface area contributed by atoms with Crippen LogP contribution in [0.4, 0.5) is 15.8 Å². The third-order valence-corrected chi connectivity index (χ3v) is 5.64. The molecule has 2 amide bonds. The summed E-state index contributed by atoms with van der Waals surface area (Å²) in [6.45, 7) is 0.673. The third kappa shape index (κ3) is 5.21. The summed E-state index contributed by atoms with van der Waals surface area (Å²) < 4.78 is 14.9. The van der Waals surface area contributed by atoms with Crippen molar-refractivity contribution in [3.63, 3.8) is 0 Å². The molecule has 1 unspecified atom stereocenters. The number of thiophene rings is 1. The number of hydrogen-bond donors (Lipinski definition) is 3. The molecule has 1 saturated heterocycles. The van der Waals surface area contributed by atoms with E-state index in [1.54, 1.807) is 29.2 Å². The summed E-state index contributed by atoms with van der Waals surface area (Å²) in [6, 6.07) is 7.79.